The molecule has 0 bridgehead atoms. The van der Waals surface area contributed by atoms with Crippen molar-refractivity contribution < 1.29 is 17.6 Å². The standard InChI is InChI=1S/C16H21FN2O3S/c1-23(21,22)19-10-8-18(9-11-19)15(20)16(6-3-7-16)13-4-2-5-14(17)12-13/h2,4-5,12H,3,6-11H2,1H3. The Labute approximate surface area is 136 Å². The van der Waals surface area contributed by atoms with Gasteiger partial charge in [0.05, 0.1) is 11.7 Å². The summed E-state index contributed by atoms with van der Waals surface area (Å²) in [6.07, 6.45) is 3.58. The average molecular weight is 340 g/mol. The average Bonchev–Trinajstić information content (AvgIpc) is 2.45. The smallest absolute Gasteiger partial charge is 0.233 e. The molecule has 0 spiro atoms. The lowest BCUT2D eigenvalue weighted by Gasteiger charge is -2.45. The molecule has 2 aliphatic rings. The van der Waals surface area contributed by atoms with Crippen LogP contribution in [0.15, 0.2) is 24.3 Å². The Balaban J connectivity index is 1.77. The fraction of sp³-hybridized carbons (Fsp3) is 0.562. The molecule has 126 valence electrons. The second-order valence-corrected chi connectivity index (χ2v) is 8.38. The summed E-state index contributed by atoms with van der Waals surface area (Å²) in [7, 11) is -3.21. The zero-order valence-electron chi connectivity index (χ0n) is 13.2. The van der Waals surface area contributed by atoms with Gasteiger partial charge in [0.2, 0.25) is 15.9 Å². The van der Waals surface area contributed by atoms with Gasteiger partial charge in [-0.25, -0.2) is 12.8 Å². The van der Waals surface area contributed by atoms with Gasteiger partial charge in [0.15, 0.2) is 0 Å². The van der Waals surface area contributed by atoms with Crippen LogP contribution in [0.4, 0.5) is 4.39 Å². The van der Waals surface area contributed by atoms with Gasteiger partial charge in [-0.3, -0.25) is 4.79 Å². The van der Waals surface area contributed by atoms with Gasteiger partial charge in [0, 0.05) is 26.2 Å². The molecule has 1 heterocycles. The predicted molar refractivity (Wildman–Crippen MR) is 84.9 cm³/mol. The van der Waals surface area contributed by atoms with Gasteiger partial charge in [-0.1, -0.05) is 18.6 Å². The minimum absolute atomic E-state index is 0.00232. The molecule has 3 rings (SSSR count). The molecule has 1 saturated carbocycles. The zero-order chi connectivity index (χ0) is 16.7. The molecule has 5 nitrogen and oxygen atoms in total. The highest BCUT2D eigenvalue weighted by molar-refractivity contribution is 7.88. The highest BCUT2D eigenvalue weighted by Crippen LogP contribution is 2.45. The van der Waals surface area contributed by atoms with Crippen molar-refractivity contribution in [1.29, 1.82) is 0 Å². The van der Waals surface area contributed by atoms with Gasteiger partial charge < -0.3 is 4.90 Å². The Morgan fingerprint density at radius 1 is 1.17 bits per heavy atom. The van der Waals surface area contributed by atoms with Gasteiger partial charge >= 0.3 is 0 Å². The van der Waals surface area contributed by atoms with Gasteiger partial charge in [-0.15, -0.1) is 0 Å². The molecule has 1 amide bonds. The second-order valence-electron chi connectivity index (χ2n) is 6.40. The number of sulfonamides is 1. The van der Waals surface area contributed by atoms with Crippen molar-refractivity contribution in [3.8, 4) is 0 Å². The number of hydrogen-bond acceptors (Lipinski definition) is 3. The van der Waals surface area contributed by atoms with Crippen LogP contribution >= 0.6 is 0 Å². The van der Waals surface area contributed by atoms with E-state index in [0.29, 0.717) is 26.2 Å². The molecule has 7 heteroatoms. The van der Waals surface area contributed by atoms with Crippen LogP contribution in [0.5, 0.6) is 0 Å². The Morgan fingerprint density at radius 3 is 2.30 bits per heavy atom. The number of halogens is 1. The van der Waals surface area contributed by atoms with Crippen LogP contribution in [-0.2, 0) is 20.2 Å². The van der Waals surface area contributed by atoms with E-state index in [-0.39, 0.29) is 11.7 Å². The minimum Gasteiger partial charge on any atom is -0.339 e. The maximum Gasteiger partial charge on any atom is 0.233 e. The van der Waals surface area contributed by atoms with E-state index in [2.05, 4.69) is 0 Å². The number of carbonyl (C=O) groups excluding carboxylic acids is 1. The lowest BCUT2D eigenvalue weighted by molar-refractivity contribution is -0.142. The fourth-order valence-electron chi connectivity index (χ4n) is 3.47. The number of rotatable bonds is 3. The first-order chi connectivity index (χ1) is 10.8. The summed E-state index contributed by atoms with van der Waals surface area (Å²) in [4.78, 5) is 14.7. The molecule has 1 aromatic rings. The van der Waals surface area contributed by atoms with Crippen LogP contribution in [-0.4, -0.2) is 56.0 Å². The van der Waals surface area contributed by atoms with Crippen LogP contribution < -0.4 is 0 Å². The molecule has 0 atom stereocenters. The molecule has 1 aliphatic carbocycles. The molecular weight excluding hydrogens is 319 g/mol. The highest BCUT2D eigenvalue weighted by Gasteiger charge is 2.48. The Kier molecular flexibility index (Phi) is 4.18. The van der Waals surface area contributed by atoms with Crippen LogP contribution in [0.1, 0.15) is 24.8 Å². The lowest BCUT2D eigenvalue weighted by Crippen LogP contribution is -2.57. The van der Waals surface area contributed by atoms with E-state index in [1.54, 1.807) is 11.0 Å². The summed E-state index contributed by atoms with van der Waals surface area (Å²) < 4.78 is 38.1. The van der Waals surface area contributed by atoms with Crippen molar-refractivity contribution in [2.45, 2.75) is 24.7 Å². The first kappa shape index (κ1) is 16.4. The van der Waals surface area contributed by atoms with E-state index in [0.717, 1.165) is 24.8 Å². The Bertz CT molecular complexity index is 708. The van der Waals surface area contributed by atoms with Crippen molar-refractivity contribution in [3.05, 3.63) is 35.6 Å². The van der Waals surface area contributed by atoms with Crippen molar-refractivity contribution in [1.82, 2.24) is 9.21 Å². The fourth-order valence-corrected chi connectivity index (χ4v) is 4.29. The maximum absolute atomic E-state index is 13.5. The first-order valence-electron chi connectivity index (χ1n) is 7.83. The van der Waals surface area contributed by atoms with E-state index in [1.165, 1.54) is 22.7 Å². The van der Waals surface area contributed by atoms with E-state index in [9.17, 15) is 17.6 Å². The van der Waals surface area contributed by atoms with Crippen LogP contribution in [0.25, 0.3) is 0 Å². The molecule has 0 radical (unpaired) electrons. The summed E-state index contributed by atoms with van der Waals surface area (Å²) in [5.74, 6) is -0.328. The lowest BCUT2D eigenvalue weighted by atomic mass is 9.63. The summed E-state index contributed by atoms with van der Waals surface area (Å²) in [6.45, 7) is 1.43. The van der Waals surface area contributed by atoms with E-state index < -0.39 is 15.4 Å². The van der Waals surface area contributed by atoms with Crippen molar-refractivity contribution in [2.75, 3.05) is 32.4 Å². The summed E-state index contributed by atoms with van der Waals surface area (Å²) in [5, 5.41) is 0. The molecule has 0 unspecified atom stereocenters. The predicted octanol–water partition coefficient (Wildman–Crippen LogP) is 1.35. The molecular formula is C16H21FN2O3S. The molecule has 0 aromatic heterocycles. The summed E-state index contributed by atoms with van der Waals surface area (Å²) in [5.41, 5.74) is 0.106. The Morgan fingerprint density at radius 2 is 1.83 bits per heavy atom. The molecule has 1 aliphatic heterocycles. The molecule has 1 aromatic carbocycles. The number of amides is 1. The third kappa shape index (κ3) is 2.99. The van der Waals surface area contributed by atoms with Crippen LogP contribution in [0.3, 0.4) is 0 Å². The van der Waals surface area contributed by atoms with Crippen molar-refractivity contribution in [2.24, 2.45) is 0 Å². The second kappa shape index (κ2) is 5.87. The Hall–Kier alpha value is -1.47. The third-order valence-electron chi connectivity index (χ3n) is 4.99. The quantitative estimate of drug-likeness (QED) is 0.835. The number of benzene rings is 1. The monoisotopic (exact) mass is 340 g/mol. The summed E-state index contributed by atoms with van der Waals surface area (Å²) >= 11 is 0. The zero-order valence-corrected chi connectivity index (χ0v) is 14.0. The van der Waals surface area contributed by atoms with Gasteiger partial charge in [-0.05, 0) is 30.5 Å². The number of hydrogen-bond donors (Lipinski definition) is 0. The normalized spacial score (nSPS) is 21.7. The largest absolute Gasteiger partial charge is 0.339 e. The molecule has 2 fully saturated rings. The van der Waals surface area contributed by atoms with Crippen LogP contribution in [0, 0.1) is 5.82 Å². The van der Waals surface area contributed by atoms with E-state index >= 15 is 0 Å². The van der Waals surface area contributed by atoms with Crippen molar-refractivity contribution in [3.63, 3.8) is 0 Å². The van der Waals surface area contributed by atoms with E-state index in [4.69, 9.17) is 0 Å². The topological polar surface area (TPSA) is 57.7 Å². The van der Waals surface area contributed by atoms with Gasteiger partial charge in [0.1, 0.15) is 5.82 Å². The van der Waals surface area contributed by atoms with Crippen LogP contribution in [0.2, 0.25) is 0 Å². The van der Waals surface area contributed by atoms with Gasteiger partial charge in [-0.2, -0.15) is 4.31 Å². The molecule has 1 saturated heterocycles. The number of carbonyl (C=O) groups is 1. The SMILES string of the molecule is CS(=O)(=O)N1CCN(C(=O)C2(c3cccc(F)c3)CCC2)CC1. The maximum atomic E-state index is 13.5. The summed E-state index contributed by atoms with van der Waals surface area (Å²) in [6, 6.07) is 6.28. The minimum atomic E-state index is -3.21. The first-order valence-corrected chi connectivity index (χ1v) is 9.68. The third-order valence-corrected chi connectivity index (χ3v) is 6.29. The van der Waals surface area contributed by atoms with Crippen molar-refractivity contribution >= 4 is 15.9 Å². The number of piperazine rings is 1. The number of nitrogens with zero attached hydrogens (tertiary/aromatic N) is 2. The van der Waals surface area contributed by atoms with E-state index in [1.807, 2.05) is 6.07 Å². The molecule has 23 heavy (non-hydrogen) atoms. The van der Waals surface area contributed by atoms with Gasteiger partial charge in [0.25, 0.3) is 0 Å². The highest BCUT2D eigenvalue weighted by atomic mass is 32.2. The molecule has 0 N–H and O–H groups in total.